The second kappa shape index (κ2) is 9.87. The van der Waals surface area contributed by atoms with Gasteiger partial charge in [-0.15, -0.1) is 0 Å². The van der Waals surface area contributed by atoms with Gasteiger partial charge in [0.15, 0.2) is 5.78 Å². The predicted octanol–water partition coefficient (Wildman–Crippen LogP) is 5.73. The number of hydrogen-bond acceptors (Lipinski definition) is 6. The summed E-state index contributed by atoms with van der Waals surface area (Å²) in [4.78, 5) is 26.0. The number of pyridine rings is 1. The molecule has 6 nitrogen and oxygen atoms in total. The highest BCUT2D eigenvalue weighted by Gasteiger charge is 2.15. The Morgan fingerprint density at radius 1 is 1.07 bits per heavy atom. The Hall–Kier alpha value is -2.70. The van der Waals surface area contributed by atoms with Gasteiger partial charge in [0.05, 0.1) is 15.6 Å². The fourth-order valence-corrected chi connectivity index (χ4v) is 3.50. The lowest BCUT2D eigenvalue weighted by Crippen LogP contribution is -2.14. The maximum Gasteiger partial charge on any atom is 0.225 e. The summed E-state index contributed by atoms with van der Waals surface area (Å²) in [7, 11) is 0. The lowest BCUT2D eigenvalue weighted by molar-refractivity contribution is 0.0993. The van der Waals surface area contributed by atoms with Crippen molar-refractivity contribution in [3.63, 3.8) is 0 Å². The van der Waals surface area contributed by atoms with Crippen LogP contribution in [0.5, 0.6) is 0 Å². The van der Waals surface area contributed by atoms with Crippen LogP contribution in [-0.2, 0) is 12.8 Å². The summed E-state index contributed by atoms with van der Waals surface area (Å²) in [6.45, 7) is 6.10. The van der Waals surface area contributed by atoms with Crippen LogP contribution in [0.2, 0.25) is 10.0 Å². The fourth-order valence-electron chi connectivity index (χ4n) is 2.89. The van der Waals surface area contributed by atoms with Crippen molar-refractivity contribution in [1.29, 1.82) is 0 Å². The number of ketones is 1. The summed E-state index contributed by atoms with van der Waals surface area (Å²) in [5.74, 6) is 1.63. The molecule has 3 rings (SSSR count). The predicted molar refractivity (Wildman–Crippen MR) is 122 cm³/mol. The highest BCUT2D eigenvalue weighted by molar-refractivity contribution is 6.39. The first-order chi connectivity index (χ1) is 14.4. The van der Waals surface area contributed by atoms with E-state index in [0.717, 1.165) is 17.7 Å². The van der Waals surface area contributed by atoms with Crippen LogP contribution in [0.1, 0.15) is 42.4 Å². The van der Waals surface area contributed by atoms with E-state index in [9.17, 15) is 4.79 Å². The molecule has 0 spiro atoms. The maximum atomic E-state index is 12.7. The minimum atomic E-state index is -0.151. The first-order valence-corrected chi connectivity index (χ1v) is 10.4. The Morgan fingerprint density at radius 2 is 1.80 bits per heavy atom. The summed E-state index contributed by atoms with van der Waals surface area (Å²) in [6.07, 6.45) is 2.59. The number of hydrogen-bond donors (Lipinski definition) is 2. The Morgan fingerprint density at radius 3 is 2.47 bits per heavy atom. The SMILES string of the molecule is CCc1cc(Nc2cc(CC(=O)c3c(Cl)cccc3Cl)ccn2)nc(NC(C)C)n1. The van der Waals surface area contributed by atoms with Crippen molar-refractivity contribution in [2.45, 2.75) is 39.7 Å². The van der Waals surface area contributed by atoms with Crippen molar-refractivity contribution < 1.29 is 4.79 Å². The summed E-state index contributed by atoms with van der Waals surface area (Å²) >= 11 is 12.3. The molecule has 0 radical (unpaired) electrons. The summed E-state index contributed by atoms with van der Waals surface area (Å²) < 4.78 is 0. The van der Waals surface area contributed by atoms with E-state index < -0.39 is 0 Å². The van der Waals surface area contributed by atoms with Crippen molar-refractivity contribution >= 4 is 46.6 Å². The Balaban J connectivity index is 1.80. The van der Waals surface area contributed by atoms with Crippen LogP contribution < -0.4 is 10.6 Å². The molecule has 8 heteroatoms. The second-order valence-corrected chi connectivity index (χ2v) is 7.91. The quantitative estimate of drug-likeness (QED) is 0.432. The number of halogens is 2. The minimum absolute atomic E-state index is 0.151. The Kier molecular flexibility index (Phi) is 7.24. The molecule has 0 bridgehead atoms. The Labute approximate surface area is 186 Å². The molecule has 156 valence electrons. The van der Waals surface area contributed by atoms with Crippen LogP contribution in [0, 0.1) is 0 Å². The van der Waals surface area contributed by atoms with E-state index in [-0.39, 0.29) is 18.2 Å². The highest BCUT2D eigenvalue weighted by Crippen LogP contribution is 2.26. The Bertz CT molecular complexity index is 1040. The van der Waals surface area contributed by atoms with E-state index in [1.54, 1.807) is 30.5 Å². The minimum Gasteiger partial charge on any atom is -0.352 e. The molecule has 0 saturated heterocycles. The van der Waals surface area contributed by atoms with Crippen LogP contribution in [0.4, 0.5) is 17.6 Å². The van der Waals surface area contributed by atoms with E-state index in [4.69, 9.17) is 23.2 Å². The van der Waals surface area contributed by atoms with Crippen LogP contribution in [-0.4, -0.2) is 26.8 Å². The number of carbonyl (C=O) groups is 1. The monoisotopic (exact) mass is 443 g/mol. The largest absolute Gasteiger partial charge is 0.352 e. The molecule has 0 aliphatic rings. The van der Waals surface area contributed by atoms with Crippen molar-refractivity contribution in [1.82, 2.24) is 15.0 Å². The van der Waals surface area contributed by atoms with Gasteiger partial charge in [-0.05, 0) is 50.1 Å². The van der Waals surface area contributed by atoms with Gasteiger partial charge in [-0.1, -0.05) is 36.2 Å². The second-order valence-electron chi connectivity index (χ2n) is 7.09. The third-order valence-electron chi connectivity index (χ3n) is 4.25. The van der Waals surface area contributed by atoms with Crippen molar-refractivity contribution in [2.24, 2.45) is 0 Å². The third-order valence-corrected chi connectivity index (χ3v) is 4.88. The molecule has 30 heavy (non-hydrogen) atoms. The summed E-state index contributed by atoms with van der Waals surface area (Å²) in [5, 5.41) is 7.11. The van der Waals surface area contributed by atoms with Crippen molar-refractivity contribution in [2.75, 3.05) is 10.6 Å². The molecule has 0 aliphatic heterocycles. The van der Waals surface area contributed by atoms with Gasteiger partial charge < -0.3 is 10.6 Å². The number of Topliss-reactive ketones (excluding diaryl/α,β-unsaturated/α-hetero) is 1. The molecular formula is C22H23Cl2N5O. The van der Waals surface area contributed by atoms with Crippen LogP contribution >= 0.6 is 23.2 Å². The van der Waals surface area contributed by atoms with Gasteiger partial charge in [-0.2, -0.15) is 4.98 Å². The molecule has 3 aromatic rings. The fraction of sp³-hybridized carbons (Fsp3) is 0.273. The molecule has 2 heterocycles. The molecule has 0 fully saturated rings. The van der Waals surface area contributed by atoms with Gasteiger partial charge >= 0.3 is 0 Å². The van der Waals surface area contributed by atoms with E-state index in [0.29, 0.717) is 33.2 Å². The molecular weight excluding hydrogens is 421 g/mol. The first-order valence-electron chi connectivity index (χ1n) is 9.69. The lowest BCUT2D eigenvalue weighted by Gasteiger charge is -2.12. The molecule has 0 atom stereocenters. The molecule has 0 saturated carbocycles. The third kappa shape index (κ3) is 5.68. The van der Waals surface area contributed by atoms with E-state index in [1.165, 1.54) is 0 Å². The standard InChI is InChI=1S/C22H23Cl2N5O/c1-4-15-12-20(29-22(27-15)26-13(2)3)28-19-11-14(8-9-25-19)10-18(30)21-16(23)6-5-7-17(21)24/h5-9,11-13H,4,10H2,1-3H3,(H2,25,26,27,28,29). The smallest absolute Gasteiger partial charge is 0.225 e. The average molecular weight is 444 g/mol. The van der Waals surface area contributed by atoms with Crippen LogP contribution in [0.25, 0.3) is 0 Å². The van der Waals surface area contributed by atoms with Crippen molar-refractivity contribution in [3.05, 3.63) is 69.5 Å². The number of anilines is 3. The van der Waals surface area contributed by atoms with Crippen molar-refractivity contribution in [3.8, 4) is 0 Å². The van der Waals surface area contributed by atoms with Gasteiger partial charge in [0, 0.05) is 30.4 Å². The highest BCUT2D eigenvalue weighted by atomic mass is 35.5. The number of nitrogens with zero attached hydrogens (tertiary/aromatic N) is 3. The van der Waals surface area contributed by atoms with E-state index in [2.05, 4.69) is 25.6 Å². The maximum absolute atomic E-state index is 12.7. The van der Waals surface area contributed by atoms with Crippen LogP contribution in [0.15, 0.2) is 42.6 Å². The molecule has 0 unspecified atom stereocenters. The van der Waals surface area contributed by atoms with Gasteiger partial charge in [0.25, 0.3) is 0 Å². The average Bonchev–Trinajstić information content (AvgIpc) is 2.67. The van der Waals surface area contributed by atoms with E-state index in [1.807, 2.05) is 32.9 Å². The molecule has 0 aliphatic carbocycles. The lowest BCUT2D eigenvalue weighted by atomic mass is 10.0. The van der Waals surface area contributed by atoms with Gasteiger partial charge in [-0.25, -0.2) is 9.97 Å². The summed E-state index contributed by atoms with van der Waals surface area (Å²) in [6, 6.07) is 10.7. The molecule has 1 aromatic carbocycles. The summed E-state index contributed by atoms with van der Waals surface area (Å²) in [5.41, 5.74) is 2.04. The van der Waals surface area contributed by atoms with Gasteiger partial charge in [0.2, 0.25) is 5.95 Å². The zero-order valence-electron chi connectivity index (χ0n) is 17.0. The zero-order chi connectivity index (χ0) is 21.7. The molecule has 0 amide bonds. The van der Waals surface area contributed by atoms with Crippen LogP contribution in [0.3, 0.4) is 0 Å². The zero-order valence-corrected chi connectivity index (χ0v) is 18.6. The molecule has 2 N–H and O–H groups in total. The number of rotatable bonds is 8. The van der Waals surface area contributed by atoms with Gasteiger partial charge in [-0.3, -0.25) is 4.79 Å². The topological polar surface area (TPSA) is 79.8 Å². The normalized spacial score (nSPS) is 10.9. The van der Waals surface area contributed by atoms with E-state index >= 15 is 0 Å². The number of nitrogens with one attached hydrogen (secondary N) is 2. The number of aromatic nitrogens is 3. The number of carbonyl (C=O) groups excluding carboxylic acids is 1. The number of benzene rings is 1. The first kappa shape index (κ1) is 22.0. The number of aryl methyl sites for hydroxylation is 1. The molecule has 2 aromatic heterocycles. The van der Waals surface area contributed by atoms with Gasteiger partial charge in [0.1, 0.15) is 11.6 Å².